The summed E-state index contributed by atoms with van der Waals surface area (Å²) in [6.07, 6.45) is 10.8. The maximum absolute atomic E-state index is 11.1. The molecule has 0 aromatic carbocycles. The molecular weight excluding hydrogens is 174 g/mol. The molecule has 1 unspecified atom stereocenters. The van der Waals surface area contributed by atoms with Crippen LogP contribution in [0.3, 0.4) is 0 Å². The molecule has 0 radical (unpaired) electrons. The number of carbonyl (C=O) groups is 1. The third kappa shape index (κ3) is 3.21. The van der Waals surface area contributed by atoms with E-state index in [-0.39, 0.29) is 5.91 Å². The van der Waals surface area contributed by atoms with Gasteiger partial charge in [0.15, 0.2) is 0 Å². The predicted octanol–water partition coefficient (Wildman–Crippen LogP) is 2.20. The van der Waals surface area contributed by atoms with Crippen LogP contribution < -0.4 is 5.32 Å². The summed E-state index contributed by atoms with van der Waals surface area (Å²) in [7, 11) is 0. The average Bonchev–Trinajstić information content (AvgIpc) is 2.39. The molecule has 0 bridgehead atoms. The predicted molar refractivity (Wildman–Crippen MR) is 58.8 cm³/mol. The lowest BCUT2D eigenvalue weighted by molar-refractivity contribution is -0.120. The Morgan fingerprint density at radius 3 is 2.93 bits per heavy atom. The lowest BCUT2D eigenvalue weighted by Crippen LogP contribution is -2.25. The van der Waals surface area contributed by atoms with Crippen molar-refractivity contribution >= 4 is 5.91 Å². The van der Waals surface area contributed by atoms with Gasteiger partial charge in [0, 0.05) is 13.0 Å². The van der Waals surface area contributed by atoms with Gasteiger partial charge in [-0.15, -0.1) is 0 Å². The van der Waals surface area contributed by atoms with Gasteiger partial charge in [-0.3, -0.25) is 4.79 Å². The largest absolute Gasteiger partial charge is 0.352 e. The van der Waals surface area contributed by atoms with Crippen LogP contribution in [-0.2, 0) is 4.79 Å². The van der Waals surface area contributed by atoms with E-state index < -0.39 is 0 Å². The summed E-state index contributed by atoms with van der Waals surface area (Å²) in [6, 6.07) is 0. The Hall–Kier alpha value is -1.31. The number of carbonyl (C=O) groups excluding carboxylic acids is 1. The Balaban J connectivity index is 2.50. The topological polar surface area (TPSA) is 29.1 Å². The van der Waals surface area contributed by atoms with Gasteiger partial charge in [-0.1, -0.05) is 44.2 Å². The van der Waals surface area contributed by atoms with Crippen molar-refractivity contribution in [3.05, 3.63) is 36.0 Å². The number of allylic oxidation sites excluding steroid dienone is 5. The van der Waals surface area contributed by atoms with E-state index in [2.05, 4.69) is 24.4 Å². The molecule has 2 nitrogen and oxygen atoms in total. The molecule has 0 saturated carbocycles. The Morgan fingerprint density at radius 1 is 1.43 bits per heavy atom. The van der Waals surface area contributed by atoms with Crippen LogP contribution in [0.1, 0.15) is 20.3 Å². The van der Waals surface area contributed by atoms with Crippen LogP contribution in [0.15, 0.2) is 36.0 Å². The number of nitrogens with one attached hydrogen (secondary N) is 1. The monoisotopic (exact) mass is 191 g/mol. The van der Waals surface area contributed by atoms with Crippen molar-refractivity contribution in [2.75, 3.05) is 6.54 Å². The van der Waals surface area contributed by atoms with Gasteiger partial charge in [-0.2, -0.15) is 0 Å². The minimum atomic E-state index is 0.107. The third-order valence-electron chi connectivity index (χ3n) is 2.33. The first-order chi connectivity index (χ1) is 6.74. The first kappa shape index (κ1) is 10.8. The standard InChI is InChI=1S/C12H17NO/c1-3-12(14)13-9-11-8-6-4-5-7-10(11)2/h4-8,10H,3,9H2,1-2H3,(H,13,14). The fraction of sp³-hybridized carbons (Fsp3) is 0.417. The fourth-order valence-electron chi connectivity index (χ4n) is 1.30. The van der Waals surface area contributed by atoms with Crippen molar-refractivity contribution in [3.8, 4) is 0 Å². The highest BCUT2D eigenvalue weighted by Crippen LogP contribution is 2.13. The van der Waals surface area contributed by atoms with E-state index in [0.29, 0.717) is 18.9 Å². The maximum Gasteiger partial charge on any atom is 0.219 e. The summed E-state index contributed by atoms with van der Waals surface area (Å²) in [5, 5.41) is 2.89. The van der Waals surface area contributed by atoms with Crippen LogP contribution in [0.2, 0.25) is 0 Å². The fourth-order valence-corrected chi connectivity index (χ4v) is 1.30. The SMILES string of the molecule is CCC(=O)NCC1=CC=CC=CC1C. The highest BCUT2D eigenvalue weighted by atomic mass is 16.1. The lowest BCUT2D eigenvalue weighted by atomic mass is 10.0. The minimum Gasteiger partial charge on any atom is -0.352 e. The number of hydrogen-bond donors (Lipinski definition) is 1. The van der Waals surface area contributed by atoms with Crippen molar-refractivity contribution in [1.82, 2.24) is 5.32 Å². The second-order valence-electron chi connectivity index (χ2n) is 3.43. The Morgan fingerprint density at radius 2 is 2.21 bits per heavy atom. The molecular formula is C12H17NO. The van der Waals surface area contributed by atoms with E-state index in [1.54, 1.807) is 0 Å². The van der Waals surface area contributed by atoms with Crippen molar-refractivity contribution in [1.29, 1.82) is 0 Å². The first-order valence-corrected chi connectivity index (χ1v) is 5.04. The van der Waals surface area contributed by atoms with Gasteiger partial charge < -0.3 is 5.32 Å². The highest BCUT2D eigenvalue weighted by molar-refractivity contribution is 5.75. The molecule has 0 heterocycles. The van der Waals surface area contributed by atoms with Gasteiger partial charge in [0.1, 0.15) is 0 Å². The Bertz CT molecular complexity index is 287. The molecule has 0 fully saturated rings. The third-order valence-corrected chi connectivity index (χ3v) is 2.33. The van der Waals surface area contributed by atoms with Gasteiger partial charge in [0.25, 0.3) is 0 Å². The molecule has 0 saturated heterocycles. The quantitative estimate of drug-likeness (QED) is 0.728. The molecule has 1 amide bonds. The van der Waals surface area contributed by atoms with Crippen LogP contribution in [-0.4, -0.2) is 12.5 Å². The van der Waals surface area contributed by atoms with Crippen LogP contribution in [0, 0.1) is 5.92 Å². The molecule has 1 rings (SSSR count). The highest BCUT2D eigenvalue weighted by Gasteiger charge is 2.06. The summed E-state index contributed by atoms with van der Waals surface area (Å²) >= 11 is 0. The molecule has 0 aliphatic heterocycles. The van der Waals surface area contributed by atoms with Crippen molar-refractivity contribution in [3.63, 3.8) is 0 Å². The Labute approximate surface area is 85.4 Å². The summed E-state index contributed by atoms with van der Waals surface area (Å²) in [5.74, 6) is 0.512. The number of amides is 1. The molecule has 1 aliphatic rings. The van der Waals surface area contributed by atoms with Crippen molar-refractivity contribution in [2.45, 2.75) is 20.3 Å². The zero-order valence-electron chi connectivity index (χ0n) is 8.79. The average molecular weight is 191 g/mol. The molecule has 0 aromatic rings. The van der Waals surface area contributed by atoms with Gasteiger partial charge in [0.2, 0.25) is 5.91 Å². The smallest absolute Gasteiger partial charge is 0.219 e. The van der Waals surface area contributed by atoms with Crippen LogP contribution in [0.5, 0.6) is 0 Å². The maximum atomic E-state index is 11.1. The molecule has 1 aliphatic carbocycles. The van der Waals surface area contributed by atoms with E-state index in [1.807, 2.05) is 25.2 Å². The van der Waals surface area contributed by atoms with Crippen molar-refractivity contribution in [2.24, 2.45) is 5.92 Å². The van der Waals surface area contributed by atoms with Crippen molar-refractivity contribution < 1.29 is 4.79 Å². The van der Waals surface area contributed by atoms with Crippen LogP contribution in [0.4, 0.5) is 0 Å². The summed E-state index contributed by atoms with van der Waals surface area (Å²) in [5.41, 5.74) is 1.25. The molecule has 14 heavy (non-hydrogen) atoms. The molecule has 0 aromatic heterocycles. The van der Waals surface area contributed by atoms with E-state index in [0.717, 1.165) is 0 Å². The van der Waals surface area contributed by atoms with Gasteiger partial charge >= 0.3 is 0 Å². The van der Waals surface area contributed by atoms with E-state index >= 15 is 0 Å². The number of hydrogen-bond acceptors (Lipinski definition) is 1. The van der Waals surface area contributed by atoms with E-state index in [9.17, 15) is 4.79 Å². The zero-order chi connectivity index (χ0) is 10.4. The van der Waals surface area contributed by atoms with E-state index in [1.165, 1.54) is 5.57 Å². The van der Waals surface area contributed by atoms with E-state index in [4.69, 9.17) is 0 Å². The molecule has 0 spiro atoms. The first-order valence-electron chi connectivity index (χ1n) is 5.04. The van der Waals surface area contributed by atoms with Crippen LogP contribution in [0.25, 0.3) is 0 Å². The van der Waals surface area contributed by atoms with Gasteiger partial charge in [-0.25, -0.2) is 0 Å². The van der Waals surface area contributed by atoms with Crippen LogP contribution >= 0.6 is 0 Å². The Kier molecular flexibility index (Phi) is 4.17. The lowest BCUT2D eigenvalue weighted by Gasteiger charge is -2.11. The molecule has 76 valence electrons. The minimum absolute atomic E-state index is 0.107. The number of rotatable bonds is 3. The molecule has 1 atom stereocenters. The second-order valence-corrected chi connectivity index (χ2v) is 3.43. The normalized spacial score (nSPS) is 20.1. The summed E-state index contributed by atoms with van der Waals surface area (Å²) in [4.78, 5) is 11.1. The van der Waals surface area contributed by atoms with Gasteiger partial charge in [0.05, 0.1) is 0 Å². The van der Waals surface area contributed by atoms with Gasteiger partial charge in [-0.05, 0) is 11.5 Å². The molecule has 2 heteroatoms. The zero-order valence-corrected chi connectivity index (χ0v) is 8.79. The molecule has 1 N–H and O–H groups in total. The summed E-state index contributed by atoms with van der Waals surface area (Å²) in [6.45, 7) is 4.65. The second kappa shape index (κ2) is 5.43. The summed E-state index contributed by atoms with van der Waals surface area (Å²) < 4.78 is 0.